The summed E-state index contributed by atoms with van der Waals surface area (Å²) in [7, 11) is 0. The first-order chi connectivity index (χ1) is 10.8. The normalized spacial score (nSPS) is 17.6. The van der Waals surface area contributed by atoms with Gasteiger partial charge in [-0.3, -0.25) is 4.79 Å². The van der Waals surface area contributed by atoms with Gasteiger partial charge in [0.2, 0.25) is 11.8 Å². The smallest absolute Gasteiger partial charge is 0.422 e. The van der Waals surface area contributed by atoms with E-state index in [9.17, 15) is 18.0 Å². The van der Waals surface area contributed by atoms with Crippen LogP contribution >= 0.6 is 0 Å². The van der Waals surface area contributed by atoms with Crippen molar-refractivity contribution in [1.82, 2.24) is 10.3 Å². The van der Waals surface area contributed by atoms with Crippen molar-refractivity contribution in [3.8, 4) is 5.88 Å². The molecule has 23 heavy (non-hydrogen) atoms. The quantitative estimate of drug-likeness (QED) is 0.868. The van der Waals surface area contributed by atoms with E-state index < -0.39 is 18.3 Å². The van der Waals surface area contributed by atoms with Crippen molar-refractivity contribution in [2.45, 2.75) is 50.4 Å². The van der Waals surface area contributed by atoms with Crippen molar-refractivity contribution in [3.05, 3.63) is 23.9 Å². The summed E-state index contributed by atoms with van der Waals surface area (Å²) in [6, 6.07) is 3.13. The maximum atomic E-state index is 12.2. The number of aromatic nitrogens is 1. The van der Waals surface area contributed by atoms with Crippen LogP contribution in [-0.2, 0) is 11.3 Å². The predicted molar refractivity (Wildman–Crippen MR) is 77.6 cm³/mol. The number of nitrogens with one attached hydrogen (secondary N) is 1. The Labute approximate surface area is 132 Å². The lowest BCUT2D eigenvalue weighted by Crippen LogP contribution is -2.54. The molecule has 1 aliphatic carbocycles. The molecule has 1 amide bonds. The van der Waals surface area contributed by atoms with E-state index in [1.54, 1.807) is 12.1 Å². The largest absolute Gasteiger partial charge is 0.468 e. The van der Waals surface area contributed by atoms with Crippen molar-refractivity contribution in [2.75, 3.05) is 6.61 Å². The van der Waals surface area contributed by atoms with E-state index in [1.165, 1.54) is 6.20 Å². The van der Waals surface area contributed by atoms with Crippen molar-refractivity contribution >= 4 is 5.91 Å². The van der Waals surface area contributed by atoms with E-state index in [0.717, 1.165) is 19.3 Å². The van der Waals surface area contributed by atoms with Gasteiger partial charge >= 0.3 is 6.18 Å². The number of pyridine rings is 1. The lowest BCUT2D eigenvalue weighted by molar-refractivity contribution is -0.154. The molecule has 1 aliphatic rings. The van der Waals surface area contributed by atoms with E-state index >= 15 is 0 Å². The fraction of sp³-hybridized carbons (Fsp3) is 0.600. The van der Waals surface area contributed by atoms with Gasteiger partial charge in [-0.2, -0.15) is 13.2 Å². The van der Waals surface area contributed by atoms with E-state index in [-0.39, 0.29) is 18.3 Å². The Morgan fingerprint density at radius 3 is 2.70 bits per heavy atom. The van der Waals surface area contributed by atoms with Gasteiger partial charge in [0.15, 0.2) is 6.61 Å². The number of hydrogen-bond donors (Lipinski definition) is 2. The van der Waals surface area contributed by atoms with Crippen LogP contribution in [0.2, 0.25) is 0 Å². The molecule has 2 rings (SSSR count). The number of nitrogens with two attached hydrogens (primary N) is 1. The van der Waals surface area contributed by atoms with Crippen LogP contribution in [-0.4, -0.2) is 29.2 Å². The van der Waals surface area contributed by atoms with Crippen LogP contribution in [0.3, 0.4) is 0 Å². The second-order valence-electron chi connectivity index (χ2n) is 5.77. The summed E-state index contributed by atoms with van der Waals surface area (Å²) in [6.07, 6.45) is 0.981. The summed E-state index contributed by atoms with van der Waals surface area (Å²) in [5.74, 6) is -0.428. The third kappa shape index (κ3) is 5.09. The number of ether oxygens (including phenoxy) is 1. The molecule has 3 N–H and O–H groups in total. The number of carbonyl (C=O) groups excluding carboxylic acids is 1. The van der Waals surface area contributed by atoms with Gasteiger partial charge in [-0.25, -0.2) is 4.98 Å². The van der Waals surface area contributed by atoms with Gasteiger partial charge < -0.3 is 15.8 Å². The maximum Gasteiger partial charge on any atom is 0.422 e. The molecule has 0 unspecified atom stereocenters. The summed E-state index contributed by atoms with van der Waals surface area (Å²) in [6.45, 7) is -1.40. The Kier molecular flexibility index (Phi) is 5.46. The number of carbonyl (C=O) groups is 1. The van der Waals surface area contributed by atoms with E-state index in [2.05, 4.69) is 15.0 Å². The molecule has 1 aromatic rings. The fourth-order valence-corrected chi connectivity index (χ4v) is 2.60. The van der Waals surface area contributed by atoms with E-state index in [0.29, 0.717) is 18.4 Å². The molecule has 8 heteroatoms. The van der Waals surface area contributed by atoms with Crippen LogP contribution in [0.4, 0.5) is 13.2 Å². The maximum absolute atomic E-state index is 12.2. The van der Waals surface area contributed by atoms with E-state index in [4.69, 9.17) is 5.73 Å². The first kappa shape index (κ1) is 17.5. The molecule has 0 spiro atoms. The molecule has 0 atom stereocenters. The first-order valence-electron chi connectivity index (χ1n) is 7.51. The Balaban J connectivity index is 1.96. The minimum Gasteiger partial charge on any atom is -0.468 e. The zero-order valence-corrected chi connectivity index (χ0v) is 12.7. The number of hydrogen-bond acceptors (Lipinski definition) is 4. The Morgan fingerprint density at radius 2 is 2.04 bits per heavy atom. The van der Waals surface area contributed by atoms with Gasteiger partial charge in [-0.15, -0.1) is 0 Å². The van der Waals surface area contributed by atoms with Crippen LogP contribution in [0, 0.1) is 0 Å². The number of nitrogens with zero attached hydrogens (tertiary/aromatic N) is 1. The zero-order chi connectivity index (χ0) is 16.9. The number of alkyl halides is 3. The highest BCUT2D eigenvalue weighted by Crippen LogP contribution is 2.26. The molecular weight excluding hydrogens is 311 g/mol. The van der Waals surface area contributed by atoms with Gasteiger partial charge in [-0.1, -0.05) is 25.3 Å². The van der Waals surface area contributed by atoms with Crippen LogP contribution in [0.15, 0.2) is 18.3 Å². The first-order valence-corrected chi connectivity index (χ1v) is 7.51. The molecule has 0 bridgehead atoms. The molecule has 0 aliphatic heterocycles. The molecule has 0 radical (unpaired) electrons. The van der Waals surface area contributed by atoms with Gasteiger partial charge in [0.1, 0.15) is 0 Å². The molecule has 5 nitrogen and oxygen atoms in total. The molecule has 0 saturated heterocycles. The third-order valence-corrected chi connectivity index (χ3v) is 3.86. The summed E-state index contributed by atoms with van der Waals surface area (Å²) in [4.78, 5) is 16.0. The van der Waals surface area contributed by atoms with Crippen molar-refractivity contribution < 1.29 is 22.7 Å². The molecule has 1 fully saturated rings. The second-order valence-corrected chi connectivity index (χ2v) is 5.77. The predicted octanol–water partition coefficient (Wildman–Crippen LogP) is 2.30. The average Bonchev–Trinajstić information content (AvgIpc) is 2.51. The minimum absolute atomic E-state index is 0.0266. The summed E-state index contributed by atoms with van der Waals surface area (Å²) < 4.78 is 41.4. The molecule has 0 aromatic carbocycles. The third-order valence-electron chi connectivity index (χ3n) is 3.86. The highest BCUT2D eigenvalue weighted by molar-refractivity contribution is 5.86. The van der Waals surface area contributed by atoms with Crippen molar-refractivity contribution in [2.24, 2.45) is 5.73 Å². The highest BCUT2D eigenvalue weighted by atomic mass is 19.4. The van der Waals surface area contributed by atoms with Crippen molar-refractivity contribution in [3.63, 3.8) is 0 Å². The average molecular weight is 331 g/mol. The van der Waals surface area contributed by atoms with Gasteiger partial charge in [0.25, 0.3) is 0 Å². The number of rotatable bonds is 5. The molecule has 1 aromatic heterocycles. The lowest BCUT2D eigenvalue weighted by Gasteiger charge is -2.31. The van der Waals surface area contributed by atoms with Gasteiger partial charge in [-0.05, 0) is 18.9 Å². The summed E-state index contributed by atoms with van der Waals surface area (Å²) >= 11 is 0. The molecular formula is C15H20F3N3O2. The Bertz CT molecular complexity index is 543. The molecule has 128 valence electrons. The van der Waals surface area contributed by atoms with Crippen LogP contribution in [0.25, 0.3) is 0 Å². The molecule has 1 heterocycles. The lowest BCUT2D eigenvalue weighted by atomic mass is 9.82. The second kappa shape index (κ2) is 7.16. The SMILES string of the molecule is NC1(C(=O)NCc2cccnc2OCC(F)(F)F)CCCCC1. The minimum atomic E-state index is -4.44. The topological polar surface area (TPSA) is 77.2 Å². The van der Waals surface area contributed by atoms with Gasteiger partial charge in [0, 0.05) is 18.3 Å². The fourth-order valence-electron chi connectivity index (χ4n) is 2.60. The number of amides is 1. The Hall–Kier alpha value is -1.83. The monoisotopic (exact) mass is 331 g/mol. The van der Waals surface area contributed by atoms with Crippen LogP contribution in [0.1, 0.15) is 37.7 Å². The van der Waals surface area contributed by atoms with Crippen molar-refractivity contribution in [1.29, 1.82) is 0 Å². The molecule has 1 saturated carbocycles. The van der Waals surface area contributed by atoms with Crippen LogP contribution in [0.5, 0.6) is 5.88 Å². The standard InChI is InChI=1S/C15H20F3N3O2/c16-15(17,18)10-23-12-11(5-4-8-20-12)9-21-13(22)14(19)6-2-1-3-7-14/h4-5,8H,1-3,6-7,9-10,19H2,(H,21,22). The number of halogens is 3. The highest BCUT2D eigenvalue weighted by Gasteiger charge is 2.35. The zero-order valence-electron chi connectivity index (χ0n) is 12.7. The summed E-state index contributed by atoms with van der Waals surface area (Å²) in [5.41, 5.74) is 5.60. The van der Waals surface area contributed by atoms with Crippen LogP contribution < -0.4 is 15.8 Å². The summed E-state index contributed by atoms with van der Waals surface area (Å²) in [5, 5.41) is 2.68. The Morgan fingerprint density at radius 1 is 1.35 bits per heavy atom. The van der Waals surface area contributed by atoms with E-state index in [1.807, 2.05) is 0 Å². The van der Waals surface area contributed by atoms with Gasteiger partial charge in [0.05, 0.1) is 5.54 Å².